The topological polar surface area (TPSA) is 127 Å². The van der Waals surface area contributed by atoms with Crippen LogP contribution in [0.1, 0.15) is 66.1 Å². The number of ether oxygens (including phenoxy) is 1. The van der Waals surface area contributed by atoms with Crippen molar-refractivity contribution in [2.45, 2.75) is 78.3 Å². The number of hydrogen-bond acceptors (Lipinski definition) is 6. The standard InChI is InChI=1S/C38H52O7/c1-24(15-21-33(42)43)14-20-32(41)26(3)31(40)13-11-9-8-10-12-29-25(2)22-30-35(37(4,5)23-38(30,6)44)34(29)36(45-7)27-16-18-28(39)19-17-27/h8-19,21-22,26,29-32,34-36,39-41,44H,20,23H2,1-7H3,(H,42,43)/t26-,29-,30+,31-,32+,34+,35-,36-,38-/m0/s1. The zero-order chi connectivity index (χ0) is 33.5. The van der Waals surface area contributed by atoms with E-state index in [1.54, 1.807) is 51.3 Å². The van der Waals surface area contributed by atoms with Crippen molar-refractivity contribution >= 4 is 5.97 Å². The van der Waals surface area contributed by atoms with E-state index in [0.717, 1.165) is 17.2 Å². The number of benzene rings is 1. The number of carboxylic acid groups (broad SMARTS) is 1. The number of aliphatic carboxylic acids is 1. The monoisotopic (exact) mass is 620 g/mol. The summed E-state index contributed by atoms with van der Waals surface area (Å²) in [6.45, 7) is 12.1. The lowest BCUT2D eigenvalue weighted by atomic mass is 9.59. The van der Waals surface area contributed by atoms with Crippen molar-refractivity contribution in [1.82, 2.24) is 0 Å². The summed E-state index contributed by atoms with van der Waals surface area (Å²) in [5, 5.41) is 51.2. The zero-order valence-corrected chi connectivity index (χ0v) is 27.7. The summed E-state index contributed by atoms with van der Waals surface area (Å²) in [7, 11) is 1.73. The molecule has 0 spiro atoms. The molecule has 0 bridgehead atoms. The molecule has 9 atom stereocenters. The van der Waals surface area contributed by atoms with Crippen LogP contribution in [0, 0.1) is 35.0 Å². The van der Waals surface area contributed by atoms with E-state index in [-0.39, 0.29) is 40.9 Å². The lowest BCUT2D eigenvalue weighted by Crippen LogP contribution is -2.43. The maximum Gasteiger partial charge on any atom is 0.328 e. The van der Waals surface area contributed by atoms with Gasteiger partial charge in [0.1, 0.15) is 5.75 Å². The lowest BCUT2D eigenvalue weighted by Gasteiger charge is -2.47. The third kappa shape index (κ3) is 9.17. The minimum atomic E-state index is -1.03. The number of aromatic hydroxyl groups is 1. The Kier molecular flexibility index (Phi) is 12.4. The van der Waals surface area contributed by atoms with Gasteiger partial charge in [-0.05, 0) is 62.6 Å². The molecule has 0 saturated heterocycles. The van der Waals surface area contributed by atoms with E-state index < -0.39 is 29.7 Å². The Morgan fingerprint density at radius 3 is 2.33 bits per heavy atom. The van der Waals surface area contributed by atoms with Crippen molar-refractivity contribution in [3.63, 3.8) is 0 Å². The summed E-state index contributed by atoms with van der Waals surface area (Å²) >= 11 is 0. The highest BCUT2D eigenvalue weighted by atomic mass is 16.5. The first-order valence-corrected chi connectivity index (χ1v) is 15.8. The van der Waals surface area contributed by atoms with Crippen LogP contribution >= 0.6 is 0 Å². The second kappa shape index (κ2) is 15.4. The number of carbonyl (C=O) groups is 1. The summed E-state index contributed by atoms with van der Waals surface area (Å²) in [4.78, 5) is 10.7. The molecule has 0 aromatic heterocycles. The zero-order valence-electron chi connectivity index (χ0n) is 27.7. The molecule has 3 rings (SSSR count). The van der Waals surface area contributed by atoms with Crippen LogP contribution < -0.4 is 0 Å². The maximum atomic E-state index is 11.5. The molecule has 45 heavy (non-hydrogen) atoms. The number of aliphatic hydroxyl groups excluding tert-OH is 2. The molecular formula is C38H52O7. The van der Waals surface area contributed by atoms with Crippen LogP contribution in [0.5, 0.6) is 5.75 Å². The highest BCUT2D eigenvalue weighted by Gasteiger charge is 2.59. The minimum absolute atomic E-state index is 0.00479. The third-order valence-electron chi connectivity index (χ3n) is 9.72. The molecule has 1 aromatic rings. The number of allylic oxidation sites excluding steroid dienone is 8. The maximum absolute atomic E-state index is 11.5. The van der Waals surface area contributed by atoms with E-state index in [2.05, 4.69) is 32.9 Å². The van der Waals surface area contributed by atoms with Gasteiger partial charge >= 0.3 is 5.97 Å². The number of fused-ring (bicyclic) bond motifs is 1. The van der Waals surface area contributed by atoms with E-state index in [4.69, 9.17) is 9.84 Å². The van der Waals surface area contributed by atoms with Crippen LogP contribution in [0.25, 0.3) is 0 Å². The van der Waals surface area contributed by atoms with Gasteiger partial charge < -0.3 is 30.3 Å². The summed E-state index contributed by atoms with van der Waals surface area (Å²) < 4.78 is 6.20. The van der Waals surface area contributed by atoms with Crippen molar-refractivity contribution in [3.05, 3.63) is 102 Å². The second-order valence-electron chi connectivity index (χ2n) is 13.8. The first-order valence-electron chi connectivity index (χ1n) is 15.8. The highest BCUT2D eigenvalue weighted by Crippen LogP contribution is 2.62. The average Bonchev–Trinajstić information content (AvgIpc) is 3.16. The predicted molar refractivity (Wildman–Crippen MR) is 178 cm³/mol. The third-order valence-corrected chi connectivity index (χ3v) is 9.72. The highest BCUT2D eigenvalue weighted by molar-refractivity contribution is 5.80. The van der Waals surface area contributed by atoms with Crippen molar-refractivity contribution in [1.29, 1.82) is 0 Å². The van der Waals surface area contributed by atoms with Crippen LogP contribution in [0.2, 0.25) is 0 Å². The Balaban J connectivity index is 1.77. The van der Waals surface area contributed by atoms with Crippen molar-refractivity contribution < 1.29 is 35.1 Å². The van der Waals surface area contributed by atoms with Gasteiger partial charge in [0.15, 0.2) is 0 Å². The molecule has 0 aliphatic heterocycles. The molecule has 1 fully saturated rings. The molecular weight excluding hydrogens is 568 g/mol. The van der Waals surface area contributed by atoms with E-state index in [1.807, 2.05) is 37.3 Å². The van der Waals surface area contributed by atoms with Crippen molar-refractivity contribution in [3.8, 4) is 5.75 Å². The number of rotatable bonds is 13. The summed E-state index contributed by atoms with van der Waals surface area (Å²) in [5.41, 5.74) is 1.95. The Morgan fingerprint density at radius 1 is 1.07 bits per heavy atom. The molecule has 0 radical (unpaired) electrons. The number of phenols is 1. The largest absolute Gasteiger partial charge is 0.508 e. The first-order chi connectivity index (χ1) is 21.1. The minimum Gasteiger partial charge on any atom is -0.508 e. The molecule has 2 aliphatic rings. The van der Waals surface area contributed by atoms with Crippen LogP contribution in [0.15, 0.2) is 96.2 Å². The van der Waals surface area contributed by atoms with Crippen LogP contribution in [0.4, 0.5) is 0 Å². The molecule has 0 amide bonds. The van der Waals surface area contributed by atoms with Crippen molar-refractivity contribution in [2.75, 3.05) is 7.11 Å². The van der Waals surface area contributed by atoms with Gasteiger partial charge in [-0.25, -0.2) is 4.79 Å². The average molecular weight is 621 g/mol. The van der Waals surface area contributed by atoms with Gasteiger partial charge in [0.05, 0.1) is 23.9 Å². The lowest BCUT2D eigenvalue weighted by molar-refractivity contribution is -0.131. The van der Waals surface area contributed by atoms with E-state index in [0.29, 0.717) is 12.8 Å². The van der Waals surface area contributed by atoms with Gasteiger partial charge in [-0.15, -0.1) is 0 Å². The van der Waals surface area contributed by atoms with Gasteiger partial charge in [0, 0.05) is 36.9 Å². The molecule has 7 nitrogen and oxygen atoms in total. The number of phenolic OH excluding ortho intramolecular Hbond substituents is 1. The number of methoxy groups -OCH3 is 1. The fourth-order valence-corrected chi connectivity index (χ4v) is 7.52. The fourth-order valence-electron chi connectivity index (χ4n) is 7.52. The summed E-state index contributed by atoms with van der Waals surface area (Å²) in [5.74, 6) is -0.998. The van der Waals surface area contributed by atoms with Gasteiger partial charge in [-0.2, -0.15) is 0 Å². The predicted octanol–water partition coefficient (Wildman–Crippen LogP) is 6.69. The Morgan fingerprint density at radius 2 is 1.71 bits per heavy atom. The molecule has 0 unspecified atom stereocenters. The Hall–Kier alpha value is -3.23. The SMILES string of the molecule is CO[C@@H](c1ccc(O)cc1)[C@H]1[C@@H]2[C@@H](C=C(C)[C@@H]1C=CC=CC=C[C@H](O)[C@H](C)[C@H](O)CC=C(C)C=CC(=O)O)[C@@](C)(O)CC2(C)C. The summed E-state index contributed by atoms with van der Waals surface area (Å²) in [6.07, 6.45) is 17.0. The first kappa shape index (κ1) is 36.2. The molecule has 2 aliphatic carbocycles. The molecule has 5 N–H and O–H groups in total. The van der Waals surface area contributed by atoms with E-state index >= 15 is 0 Å². The van der Waals surface area contributed by atoms with Crippen molar-refractivity contribution in [2.24, 2.45) is 35.0 Å². The number of carboxylic acids is 1. The molecule has 1 saturated carbocycles. The quantitative estimate of drug-likeness (QED) is 0.0945. The van der Waals surface area contributed by atoms with Gasteiger partial charge in [0.25, 0.3) is 0 Å². The van der Waals surface area contributed by atoms with Crippen LogP contribution in [-0.2, 0) is 9.53 Å². The molecule has 7 heteroatoms. The second-order valence-corrected chi connectivity index (χ2v) is 13.8. The van der Waals surface area contributed by atoms with Gasteiger partial charge in [-0.1, -0.05) is 98.7 Å². The van der Waals surface area contributed by atoms with Crippen LogP contribution in [0.3, 0.4) is 0 Å². The smallest absolute Gasteiger partial charge is 0.328 e. The Bertz CT molecular complexity index is 1330. The normalized spacial score (nSPS) is 29.7. The number of aliphatic hydroxyl groups is 3. The van der Waals surface area contributed by atoms with E-state index in [9.17, 15) is 25.2 Å². The fraction of sp³-hybridized carbons (Fsp3) is 0.500. The van der Waals surface area contributed by atoms with E-state index in [1.165, 1.54) is 11.6 Å². The van der Waals surface area contributed by atoms with Gasteiger partial charge in [-0.3, -0.25) is 0 Å². The summed E-state index contributed by atoms with van der Waals surface area (Å²) in [6, 6.07) is 7.20. The van der Waals surface area contributed by atoms with Crippen LogP contribution in [-0.4, -0.2) is 56.4 Å². The molecule has 0 heterocycles. The molecule has 246 valence electrons. The number of hydrogen-bond donors (Lipinski definition) is 5. The van der Waals surface area contributed by atoms with Gasteiger partial charge in [0.2, 0.25) is 0 Å². The molecule has 1 aromatic carbocycles. The Labute approximate surface area is 268 Å².